The highest BCUT2D eigenvalue weighted by Gasteiger charge is 2.52. The van der Waals surface area contributed by atoms with Crippen LogP contribution in [-0.4, -0.2) is 61.6 Å². The number of rotatable bonds is 6. The molecule has 0 aromatic heterocycles. The van der Waals surface area contributed by atoms with E-state index in [0.29, 0.717) is 0 Å². The van der Waals surface area contributed by atoms with E-state index in [4.69, 9.17) is 19.8 Å². The van der Waals surface area contributed by atoms with Crippen LogP contribution < -0.4 is 0 Å². The molecule has 1 aliphatic heterocycles. The Hall–Kier alpha value is -0.680. The summed E-state index contributed by atoms with van der Waals surface area (Å²) in [5, 5.41) is 17.9. The molecule has 2 unspecified atom stereocenters. The van der Waals surface area contributed by atoms with Crippen LogP contribution in [0, 0.1) is 0 Å². The Kier molecular flexibility index (Phi) is 5.19. The maximum absolute atomic E-state index is 11.3. The SMILES string of the molecule is O=C1O[C@H]([C@@H](O)CO)C(OP(=O)(O)OP(=O)(O)O)C1=O. The number of ether oxygens (including phenoxy) is 1. The van der Waals surface area contributed by atoms with Gasteiger partial charge in [0.2, 0.25) is 0 Å². The van der Waals surface area contributed by atoms with E-state index in [0.717, 1.165) is 0 Å². The molecular formula is C6H10O12P2. The lowest BCUT2D eigenvalue weighted by molar-refractivity contribution is -0.151. The molecule has 0 spiro atoms. The fourth-order valence-corrected chi connectivity index (χ4v) is 3.03. The van der Waals surface area contributed by atoms with Gasteiger partial charge in [-0.2, -0.15) is 4.31 Å². The molecular weight excluding hydrogens is 326 g/mol. The van der Waals surface area contributed by atoms with Gasteiger partial charge in [0.15, 0.2) is 12.2 Å². The van der Waals surface area contributed by atoms with Crippen molar-refractivity contribution in [2.75, 3.05) is 6.61 Å². The molecule has 0 bridgehead atoms. The second kappa shape index (κ2) is 5.98. The van der Waals surface area contributed by atoms with Crippen LogP contribution in [0.1, 0.15) is 0 Å². The van der Waals surface area contributed by atoms with E-state index in [-0.39, 0.29) is 0 Å². The highest BCUT2D eigenvalue weighted by atomic mass is 31.3. The Balaban J connectivity index is 2.92. The van der Waals surface area contributed by atoms with Gasteiger partial charge in [-0.1, -0.05) is 0 Å². The first kappa shape index (κ1) is 17.4. The van der Waals surface area contributed by atoms with E-state index >= 15 is 0 Å². The van der Waals surface area contributed by atoms with Crippen molar-refractivity contribution in [2.45, 2.75) is 18.3 Å². The van der Waals surface area contributed by atoms with Crippen LogP contribution in [0.4, 0.5) is 0 Å². The number of aliphatic hydroxyl groups is 2. The summed E-state index contributed by atoms with van der Waals surface area (Å²) in [5.74, 6) is -2.99. The van der Waals surface area contributed by atoms with Gasteiger partial charge >= 0.3 is 21.6 Å². The van der Waals surface area contributed by atoms with Gasteiger partial charge in [-0.05, 0) is 0 Å². The van der Waals surface area contributed by atoms with E-state index in [2.05, 4.69) is 13.6 Å². The molecule has 0 radical (unpaired) electrons. The maximum atomic E-state index is 11.3. The van der Waals surface area contributed by atoms with Crippen LogP contribution in [-0.2, 0) is 32.3 Å². The second-order valence-corrected chi connectivity index (χ2v) is 6.33. The molecule has 1 saturated heterocycles. The van der Waals surface area contributed by atoms with Gasteiger partial charge in [0, 0.05) is 0 Å². The number of aliphatic hydroxyl groups excluding tert-OH is 2. The minimum absolute atomic E-state index is 0.972. The minimum atomic E-state index is -5.42. The third kappa shape index (κ3) is 4.42. The van der Waals surface area contributed by atoms with E-state index in [1.165, 1.54) is 0 Å². The molecule has 20 heavy (non-hydrogen) atoms. The van der Waals surface area contributed by atoms with Crippen molar-refractivity contribution in [3.8, 4) is 0 Å². The van der Waals surface area contributed by atoms with E-state index < -0.39 is 52.3 Å². The summed E-state index contributed by atoms with van der Waals surface area (Å²) in [4.78, 5) is 48.1. The predicted octanol–water partition coefficient (Wildman–Crippen LogP) is -2.57. The maximum Gasteiger partial charge on any atom is 0.481 e. The minimum Gasteiger partial charge on any atom is -0.450 e. The molecule has 1 fully saturated rings. The lowest BCUT2D eigenvalue weighted by Crippen LogP contribution is -2.40. The number of cyclic esters (lactones) is 1. The fraction of sp³-hybridized carbons (Fsp3) is 0.667. The van der Waals surface area contributed by atoms with Crippen LogP contribution in [0.3, 0.4) is 0 Å². The highest BCUT2D eigenvalue weighted by molar-refractivity contribution is 7.60. The van der Waals surface area contributed by atoms with Crippen molar-refractivity contribution in [3.05, 3.63) is 0 Å². The van der Waals surface area contributed by atoms with Crippen molar-refractivity contribution < 1.29 is 57.2 Å². The van der Waals surface area contributed by atoms with E-state index in [9.17, 15) is 23.8 Å². The number of phosphoric acid groups is 2. The first-order chi connectivity index (χ1) is 8.97. The summed E-state index contributed by atoms with van der Waals surface area (Å²) in [7, 11) is -10.8. The lowest BCUT2D eigenvalue weighted by atomic mass is 10.1. The third-order valence-corrected chi connectivity index (χ3v) is 4.19. The third-order valence-electron chi connectivity index (χ3n) is 2.02. The predicted molar refractivity (Wildman–Crippen MR) is 55.8 cm³/mol. The first-order valence-corrected chi connectivity index (χ1v) is 7.81. The average molecular weight is 336 g/mol. The number of hydrogen-bond donors (Lipinski definition) is 5. The number of esters is 1. The first-order valence-electron chi connectivity index (χ1n) is 4.78. The Labute approximate surface area is 110 Å². The van der Waals surface area contributed by atoms with Crippen molar-refractivity contribution in [2.24, 2.45) is 0 Å². The van der Waals surface area contributed by atoms with Crippen molar-refractivity contribution in [1.82, 2.24) is 0 Å². The number of Topliss-reactive ketones (excluding diaryl/α,β-unsaturated/α-hetero) is 1. The van der Waals surface area contributed by atoms with Crippen molar-refractivity contribution in [1.29, 1.82) is 0 Å². The van der Waals surface area contributed by atoms with Gasteiger partial charge in [-0.15, -0.1) is 0 Å². The fourth-order valence-electron chi connectivity index (χ4n) is 1.30. The zero-order valence-electron chi connectivity index (χ0n) is 9.43. The monoisotopic (exact) mass is 336 g/mol. The summed E-state index contributed by atoms with van der Waals surface area (Å²) < 4.78 is 33.5. The van der Waals surface area contributed by atoms with Crippen LogP contribution in [0.15, 0.2) is 0 Å². The molecule has 14 heteroatoms. The number of carbonyl (C=O) groups excluding carboxylic acids is 2. The standard InChI is InChI=1S/C6H10O12P2/c7-1-2(8)4-5(3(9)6(10)16-4)17-20(14,15)18-19(11,12)13/h2,4-5,7-8H,1H2,(H,14,15)(H2,11,12,13)/t2-,4+,5?/m0/s1. The smallest absolute Gasteiger partial charge is 0.450 e. The Morgan fingerprint density at radius 3 is 2.25 bits per heavy atom. The van der Waals surface area contributed by atoms with Gasteiger partial charge in [0.1, 0.15) is 6.10 Å². The lowest BCUT2D eigenvalue weighted by Gasteiger charge is -2.21. The van der Waals surface area contributed by atoms with Crippen LogP contribution in [0.25, 0.3) is 0 Å². The molecule has 0 aromatic carbocycles. The molecule has 4 atom stereocenters. The Morgan fingerprint density at radius 1 is 1.25 bits per heavy atom. The van der Waals surface area contributed by atoms with Gasteiger partial charge in [-0.25, -0.2) is 13.9 Å². The number of hydrogen-bond acceptors (Lipinski definition) is 9. The van der Waals surface area contributed by atoms with Crippen molar-refractivity contribution in [3.63, 3.8) is 0 Å². The van der Waals surface area contributed by atoms with Gasteiger partial charge in [0.05, 0.1) is 6.61 Å². The van der Waals surface area contributed by atoms with Crippen LogP contribution >= 0.6 is 15.6 Å². The summed E-state index contributed by atoms with van der Waals surface area (Å²) in [6, 6.07) is 0. The van der Waals surface area contributed by atoms with E-state index in [1.807, 2.05) is 0 Å². The summed E-state index contributed by atoms with van der Waals surface area (Å²) in [6.07, 6.45) is -5.79. The molecule has 116 valence electrons. The summed E-state index contributed by atoms with van der Waals surface area (Å²) in [6.45, 7) is -0.972. The largest absolute Gasteiger partial charge is 0.481 e. The highest BCUT2D eigenvalue weighted by Crippen LogP contribution is 2.58. The Morgan fingerprint density at radius 2 is 1.80 bits per heavy atom. The number of phosphoric ester groups is 1. The number of ketones is 1. The number of carbonyl (C=O) groups is 2. The summed E-state index contributed by atoms with van der Waals surface area (Å²) >= 11 is 0. The summed E-state index contributed by atoms with van der Waals surface area (Å²) in [5.41, 5.74) is 0. The van der Waals surface area contributed by atoms with Gasteiger partial charge < -0.3 is 29.6 Å². The van der Waals surface area contributed by atoms with E-state index in [1.54, 1.807) is 0 Å². The normalized spacial score (nSPS) is 28.1. The molecule has 1 rings (SSSR count). The van der Waals surface area contributed by atoms with Crippen LogP contribution in [0.5, 0.6) is 0 Å². The van der Waals surface area contributed by atoms with Gasteiger partial charge in [0.25, 0.3) is 5.78 Å². The Bertz CT molecular complexity index is 494. The van der Waals surface area contributed by atoms with Crippen molar-refractivity contribution >= 4 is 27.4 Å². The molecule has 0 saturated carbocycles. The van der Waals surface area contributed by atoms with Crippen LogP contribution in [0.2, 0.25) is 0 Å². The molecule has 0 amide bonds. The molecule has 5 N–H and O–H groups in total. The zero-order valence-corrected chi connectivity index (χ0v) is 11.2. The topological polar surface area (TPSA) is 197 Å². The molecule has 12 nitrogen and oxygen atoms in total. The second-order valence-electron chi connectivity index (χ2n) is 3.55. The molecule has 1 heterocycles. The molecule has 0 aromatic rings. The quantitative estimate of drug-likeness (QED) is 0.193. The average Bonchev–Trinajstić information content (AvgIpc) is 2.52. The molecule has 1 aliphatic rings. The van der Waals surface area contributed by atoms with Gasteiger partial charge in [-0.3, -0.25) is 9.32 Å². The molecule has 0 aliphatic carbocycles. The zero-order chi connectivity index (χ0) is 15.7.